The molecule has 2 heterocycles. The van der Waals surface area contributed by atoms with Crippen LogP contribution in [0, 0.1) is 0 Å². The van der Waals surface area contributed by atoms with Gasteiger partial charge in [-0.15, -0.1) is 16.5 Å². The second kappa shape index (κ2) is 5.25. The molecule has 1 N–H and O–H groups in total. The predicted octanol–water partition coefficient (Wildman–Crippen LogP) is 2.51. The van der Waals surface area contributed by atoms with Gasteiger partial charge in [-0.05, 0) is 23.6 Å². The second-order valence-corrected chi connectivity index (χ2v) is 5.96. The summed E-state index contributed by atoms with van der Waals surface area (Å²) in [5, 5.41) is 15.3. The van der Waals surface area contributed by atoms with Crippen LogP contribution in [0.15, 0.2) is 67.7 Å². The lowest BCUT2D eigenvalue weighted by molar-refractivity contribution is -0.000512. The lowest BCUT2D eigenvalue weighted by Crippen LogP contribution is -2.10. The van der Waals surface area contributed by atoms with Crippen molar-refractivity contribution in [2.24, 2.45) is 9.63 Å². The summed E-state index contributed by atoms with van der Waals surface area (Å²) in [5.74, 6) is 0. The van der Waals surface area contributed by atoms with E-state index in [2.05, 4.69) is 9.63 Å². The topological polar surface area (TPSA) is 82.3 Å². The molecule has 1 aromatic heterocycles. The Kier molecular flexibility index (Phi) is 3.70. The molecule has 0 spiro atoms. The largest absolute Gasteiger partial charge is 0.309 e. The van der Waals surface area contributed by atoms with E-state index in [0.29, 0.717) is 5.70 Å². The first kappa shape index (κ1) is 12.7. The SMILES string of the molecule is O=S(=O)(N=N/C=C1\C=CC=CN1O)c1cccs1. The lowest BCUT2D eigenvalue weighted by Gasteiger charge is -2.13. The molecule has 0 aliphatic carbocycles. The van der Waals surface area contributed by atoms with E-state index in [9.17, 15) is 13.6 Å². The highest BCUT2D eigenvalue weighted by Crippen LogP contribution is 2.19. The summed E-state index contributed by atoms with van der Waals surface area (Å²) < 4.78 is 26.7. The first-order valence-electron chi connectivity index (χ1n) is 4.83. The molecule has 8 heteroatoms. The predicted molar refractivity (Wildman–Crippen MR) is 66.3 cm³/mol. The normalized spacial score (nSPS) is 18.1. The van der Waals surface area contributed by atoms with Gasteiger partial charge < -0.3 is 0 Å². The third-order valence-corrected chi connectivity index (χ3v) is 4.50. The van der Waals surface area contributed by atoms with Crippen LogP contribution in [0.25, 0.3) is 0 Å². The highest BCUT2D eigenvalue weighted by molar-refractivity contribution is 7.92. The summed E-state index contributed by atoms with van der Waals surface area (Å²) in [6.45, 7) is 0. The zero-order valence-electron chi connectivity index (χ0n) is 9.04. The average molecular weight is 283 g/mol. The van der Waals surface area contributed by atoms with Crippen LogP contribution in [-0.4, -0.2) is 18.7 Å². The molecule has 1 aromatic rings. The van der Waals surface area contributed by atoms with E-state index < -0.39 is 10.0 Å². The van der Waals surface area contributed by atoms with E-state index in [1.807, 2.05) is 0 Å². The van der Waals surface area contributed by atoms with Crippen LogP contribution in [0.2, 0.25) is 0 Å². The van der Waals surface area contributed by atoms with E-state index in [4.69, 9.17) is 0 Å². The van der Waals surface area contributed by atoms with Gasteiger partial charge in [-0.3, -0.25) is 5.21 Å². The van der Waals surface area contributed by atoms with Gasteiger partial charge in [0.05, 0.1) is 11.9 Å². The number of hydrogen-bond acceptors (Lipinski definition) is 6. The maximum atomic E-state index is 11.6. The Balaban J connectivity index is 2.15. The van der Waals surface area contributed by atoms with E-state index >= 15 is 0 Å². The third-order valence-electron chi connectivity index (χ3n) is 1.96. The Morgan fingerprint density at radius 3 is 2.89 bits per heavy atom. The summed E-state index contributed by atoms with van der Waals surface area (Å²) in [7, 11) is -3.75. The summed E-state index contributed by atoms with van der Waals surface area (Å²) in [5.41, 5.74) is 0.322. The molecule has 0 bridgehead atoms. The van der Waals surface area contributed by atoms with Crippen LogP contribution in [0.3, 0.4) is 0 Å². The molecule has 94 valence electrons. The third kappa shape index (κ3) is 2.92. The van der Waals surface area contributed by atoms with Crippen LogP contribution >= 0.6 is 11.3 Å². The van der Waals surface area contributed by atoms with E-state index in [0.717, 1.165) is 22.6 Å². The van der Waals surface area contributed by atoms with Crippen molar-refractivity contribution >= 4 is 21.4 Å². The van der Waals surface area contributed by atoms with Gasteiger partial charge in [0, 0.05) is 6.20 Å². The molecule has 0 amide bonds. The first-order chi connectivity index (χ1) is 8.59. The standard InChI is InChI=1S/C10H9N3O3S2/c14-13-6-2-1-4-9(13)8-11-12-18(15,16)10-5-3-7-17-10/h1-8,14H/b9-8+,12-11?. The molecule has 18 heavy (non-hydrogen) atoms. The van der Waals surface area contributed by atoms with Crippen molar-refractivity contribution in [3.8, 4) is 0 Å². The summed E-state index contributed by atoms with van der Waals surface area (Å²) in [4.78, 5) is 0. The highest BCUT2D eigenvalue weighted by atomic mass is 32.2. The maximum absolute atomic E-state index is 11.6. The number of rotatable bonds is 3. The number of hydrogen-bond donors (Lipinski definition) is 1. The molecule has 2 rings (SSSR count). The Labute approximate surface area is 108 Å². The molecular formula is C10H9N3O3S2. The lowest BCUT2D eigenvalue weighted by atomic mass is 10.3. The van der Waals surface area contributed by atoms with Gasteiger partial charge in [-0.1, -0.05) is 16.7 Å². The monoisotopic (exact) mass is 283 g/mol. The minimum Gasteiger partial charge on any atom is -0.284 e. The van der Waals surface area contributed by atoms with Crippen molar-refractivity contribution in [2.75, 3.05) is 0 Å². The van der Waals surface area contributed by atoms with Gasteiger partial charge in [0.25, 0.3) is 0 Å². The molecular weight excluding hydrogens is 274 g/mol. The van der Waals surface area contributed by atoms with Crippen molar-refractivity contribution in [3.05, 3.63) is 53.8 Å². The number of allylic oxidation sites excluding steroid dienone is 3. The average Bonchev–Trinajstić information content (AvgIpc) is 2.86. The zero-order chi connectivity index (χ0) is 13.0. The number of nitrogens with zero attached hydrogens (tertiary/aromatic N) is 3. The van der Waals surface area contributed by atoms with E-state index in [1.54, 1.807) is 29.7 Å². The molecule has 6 nitrogen and oxygen atoms in total. The number of sulfonamides is 1. The molecule has 0 saturated carbocycles. The van der Waals surface area contributed by atoms with Crippen LogP contribution in [0.1, 0.15) is 0 Å². The van der Waals surface area contributed by atoms with Gasteiger partial charge in [0.15, 0.2) is 0 Å². The fourth-order valence-corrected chi connectivity index (χ4v) is 2.85. The van der Waals surface area contributed by atoms with Gasteiger partial charge in [-0.25, -0.2) is 5.06 Å². The fraction of sp³-hybridized carbons (Fsp3) is 0. The zero-order valence-corrected chi connectivity index (χ0v) is 10.7. The van der Waals surface area contributed by atoms with Crippen LogP contribution in [0.4, 0.5) is 0 Å². The van der Waals surface area contributed by atoms with Crippen molar-refractivity contribution in [1.29, 1.82) is 0 Å². The van der Waals surface area contributed by atoms with Gasteiger partial charge in [0.1, 0.15) is 4.21 Å². The van der Waals surface area contributed by atoms with Crippen molar-refractivity contribution in [1.82, 2.24) is 5.06 Å². The fourth-order valence-electron chi connectivity index (χ4n) is 1.15. The summed E-state index contributed by atoms with van der Waals surface area (Å²) >= 11 is 1.07. The molecule has 0 radical (unpaired) electrons. The minimum atomic E-state index is -3.75. The first-order valence-corrected chi connectivity index (χ1v) is 7.15. The van der Waals surface area contributed by atoms with Gasteiger partial charge in [-0.2, -0.15) is 8.42 Å². The Hall–Kier alpha value is -1.77. The quantitative estimate of drug-likeness (QED) is 0.864. The van der Waals surface area contributed by atoms with E-state index in [1.165, 1.54) is 12.3 Å². The summed E-state index contributed by atoms with van der Waals surface area (Å²) in [6.07, 6.45) is 7.43. The van der Waals surface area contributed by atoms with Crippen molar-refractivity contribution in [3.63, 3.8) is 0 Å². The number of thiophene rings is 1. The molecule has 1 aliphatic rings. The molecule has 0 atom stereocenters. The van der Waals surface area contributed by atoms with Crippen molar-refractivity contribution in [2.45, 2.75) is 4.21 Å². The Morgan fingerprint density at radius 1 is 1.39 bits per heavy atom. The molecule has 0 aromatic carbocycles. The Bertz CT molecular complexity index is 627. The van der Waals surface area contributed by atoms with Crippen LogP contribution in [-0.2, 0) is 10.0 Å². The molecule has 0 unspecified atom stereocenters. The Morgan fingerprint density at radius 2 is 2.22 bits per heavy atom. The van der Waals surface area contributed by atoms with Crippen LogP contribution < -0.4 is 0 Å². The smallest absolute Gasteiger partial charge is 0.284 e. The second-order valence-electron chi connectivity index (χ2n) is 3.20. The molecule has 0 saturated heterocycles. The highest BCUT2D eigenvalue weighted by Gasteiger charge is 2.13. The minimum absolute atomic E-state index is 0.129. The van der Waals surface area contributed by atoms with Crippen LogP contribution in [0.5, 0.6) is 0 Å². The summed E-state index contributed by atoms with van der Waals surface area (Å²) in [6, 6.07) is 3.07. The van der Waals surface area contributed by atoms with Gasteiger partial charge >= 0.3 is 10.0 Å². The van der Waals surface area contributed by atoms with E-state index in [-0.39, 0.29) is 4.21 Å². The number of hydroxylamine groups is 2. The molecule has 0 fully saturated rings. The molecule has 1 aliphatic heterocycles. The van der Waals surface area contributed by atoms with Gasteiger partial charge in [0.2, 0.25) is 0 Å². The maximum Gasteiger partial charge on any atom is 0.309 e. The van der Waals surface area contributed by atoms with Crippen molar-refractivity contribution < 1.29 is 13.6 Å².